The minimum Gasteiger partial charge on any atom is -0.489 e. The summed E-state index contributed by atoms with van der Waals surface area (Å²) in [6.07, 6.45) is 1.69. The van der Waals surface area contributed by atoms with Gasteiger partial charge in [0, 0.05) is 26.0 Å². The highest BCUT2D eigenvalue weighted by Crippen LogP contribution is 2.16. The molecular weight excluding hydrogens is 474 g/mol. The van der Waals surface area contributed by atoms with E-state index in [1.54, 1.807) is 6.07 Å². The second kappa shape index (κ2) is 13.8. The summed E-state index contributed by atoms with van der Waals surface area (Å²) >= 11 is 0. The number of ether oxygens (including phenoxy) is 1. The van der Waals surface area contributed by atoms with Crippen molar-refractivity contribution in [3.8, 4) is 5.75 Å². The topological polar surface area (TPSA) is 131 Å². The Morgan fingerprint density at radius 3 is 2.43 bits per heavy atom. The van der Waals surface area contributed by atoms with Crippen LogP contribution in [0, 0.1) is 5.92 Å². The molecule has 3 rings (SSSR count). The number of carbonyl (C=O) groups excluding carboxylic acids is 2. The van der Waals surface area contributed by atoms with Gasteiger partial charge in [-0.2, -0.15) is 0 Å². The summed E-state index contributed by atoms with van der Waals surface area (Å²) in [5.41, 5.74) is 2.71. The maximum Gasteiger partial charge on any atom is 0.326 e. The van der Waals surface area contributed by atoms with Crippen LogP contribution in [-0.2, 0) is 40.3 Å². The molecule has 3 aromatic rings. The molecule has 0 saturated carbocycles. The predicted molar refractivity (Wildman–Crippen MR) is 137 cm³/mol. The standard InChI is InChI=1S/C28H33N3O6/c1-19(14-23-16-25(37-31-23)17-26(28(34)35)30-20(2)32)12-13-29-27(33)15-21-8-10-24(11-9-21)36-18-22-6-4-3-5-7-22/h3-11,16,19,26H,12-15,17-18H2,1-2H3,(H,29,33)(H,30,32)(H,34,35). The van der Waals surface area contributed by atoms with Crippen LogP contribution in [0.3, 0.4) is 0 Å². The molecule has 196 valence electrons. The van der Waals surface area contributed by atoms with Gasteiger partial charge in [-0.25, -0.2) is 4.79 Å². The van der Waals surface area contributed by atoms with E-state index in [4.69, 9.17) is 9.26 Å². The number of aromatic nitrogens is 1. The van der Waals surface area contributed by atoms with Crippen LogP contribution in [0.1, 0.15) is 42.8 Å². The van der Waals surface area contributed by atoms with E-state index in [2.05, 4.69) is 15.8 Å². The number of aliphatic carboxylic acids is 1. The lowest BCUT2D eigenvalue weighted by Gasteiger charge is -2.11. The van der Waals surface area contributed by atoms with Gasteiger partial charge in [-0.3, -0.25) is 9.59 Å². The molecule has 2 amide bonds. The normalized spacial score (nSPS) is 12.4. The summed E-state index contributed by atoms with van der Waals surface area (Å²) in [6.45, 7) is 4.34. The molecule has 0 radical (unpaired) electrons. The molecular formula is C28H33N3O6. The summed E-state index contributed by atoms with van der Waals surface area (Å²) in [5.74, 6) is -0.228. The molecule has 2 atom stereocenters. The molecule has 0 aliphatic rings. The van der Waals surface area contributed by atoms with Crippen molar-refractivity contribution in [1.29, 1.82) is 0 Å². The van der Waals surface area contributed by atoms with Gasteiger partial charge in [-0.15, -0.1) is 0 Å². The number of benzene rings is 2. The van der Waals surface area contributed by atoms with E-state index in [0.29, 0.717) is 37.4 Å². The molecule has 0 aliphatic carbocycles. The SMILES string of the molecule is CC(=O)NC(Cc1cc(CC(C)CCNC(=O)Cc2ccc(OCc3ccccc3)cc2)no1)C(=O)O. The van der Waals surface area contributed by atoms with Gasteiger partial charge in [0.25, 0.3) is 0 Å². The van der Waals surface area contributed by atoms with Gasteiger partial charge < -0.3 is 25.0 Å². The molecule has 3 N–H and O–H groups in total. The van der Waals surface area contributed by atoms with Gasteiger partial charge in [0.1, 0.15) is 24.2 Å². The molecule has 0 fully saturated rings. The molecule has 0 bridgehead atoms. The Morgan fingerprint density at radius 1 is 1.03 bits per heavy atom. The molecule has 0 saturated heterocycles. The summed E-state index contributed by atoms with van der Waals surface area (Å²) < 4.78 is 11.0. The maximum absolute atomic E-state index is 12.3. The van der Waals surface area contributed by atoms with Crippen LogP contribution in [0.4, 0.5) is 0 Å². The Kier molecular flexibility index (Phi) is 10.3. The maximum atomic E-state index is 12.3. The lowest BCUT2D eigenvalue weighted by atomic mass is 10.0. The van der Waals surface area contributed by atoms with Gasteiger partial charge in [0.15, 0.2) is 0 Å². The van der Waals surface area contributed by atoms with Gasteiger partial charge in [-0.1, -0.05) is 54.5 Å². The molecule has 2 aromatic carbocycles. The van der Waals surface area contributed by atoms with Crippen LogP contribution >= 0.6 is 0 Å². The largest absolute Gasteiger partial charge is 0.489 e. The van der Waals surface area contributed by atoms with Crippen molar-refractivity contribution in [3.63, 3.8) is 0 Å². The predicted octanol–water partition coefficient (Wildman–Crippen LogP) is 3.31. The Labute approximate surface area is 216 Å². The molecule has 1 heterocycles. The highest BCUT2D eigenvalue weighted by molar-refractivity contribution is 5.82. The zero-order valence-electron chi connectivity index (χ0n) is 21.1. The fourth-order valence-corrected chi connectivity index (χ4v) is 3.80. The minimum absolute atomic E-state index is 0.0203. The second-order valence-electron chi connectivity index (χ2n) is 9.12. The zero-order valence-corrected chi connectivity index (χ0v) is 21.1. The summed E-state index contributed by atoms with van der Waals surface area (Å²) in [4.78, 5) is 34.8. The lowest BCUT2D eigenvalue weighted by molar-refractivity contribution is -0.141. The van der Waals surface area contributed by atoms with Crippen LogP contribution < -0.4 is 15.4 Å². The number of carboxylic acids is 1. The van der Waals surface area contributed by atoms with Gasteiger partial charge in [0.2, 0.25) is 11.8 Å². The molecule has 9 nitrogen and oxygen atoms in total. The first kappa shape index (κ1) is 27.4. The molecule has 9 heteroatoms. The van der Waals surface area contributed by atoms with E-state index in [9.17, 15) is 19.5 Å². The van der Waals surface area contributed by atoms with E-state index in [-0.39, 0.29) is 18.2 Å². The van der Waals surface area contributed by atoms with Crippen LogP contribution in [0.5, 0.6) is 5.75 Å². The Morgan fingerprint density at radius 2 is 1.76 bits per heavy atom. The number of nitrogens with zero attached hydrogens (tertiary/aromatic N) is 1. The van der Waals surface area contributed by atoms with Crippen molar-refractivity contribution in [1.82, 2.24) is 15.8 Å². The quantitative estimate of drug-likeness (QED) is 0.305. The van der Waals surface area contributed by atoms with E-state index in [1.165, 1.54) is 6.92 Å². The molecule has 0 aliphatic heterocycles. The van der Waals surface area contributed by atoms with Crippen LogP contribution in [0.25, 0.3) is 0 Å². The Bertz CT molecular complexity index is 1160. The van der Waals surface area contributed by atoms with Crippen molar-refractivity contribution < 1.29 is 28.8 Å². The number of amides is 2. The van der Waals surface area contributed by atoms with E-state index in [1.807, 2.05) is 61.5 Å². The molecule has 1 aromatic heterocycles. The number of carboxylic acid groups (broad SMARTS) is 1. The Hall–Kier alpha value is -4.14. The highest BCUT2D eigenvalue weighted by Gasteiger charge is 2.21. The number of carbonyl (C=O) groups is 3. The van der Waals surface area contributed by atoms with Crippen LogP contribution in [0.15, 0.2) is 65.2 Å². The second-order valence-corrected chi connectivity index (χ2v) is 9.12. The van der Waals surface area contributed by atoms with Crippen molar-refractivity contribution in [2.45, 2.75) is 52.2 Å². The highest BCUT2D eigenvalue weighted by atomic mass is 16.5. The average molecular weight is 508 g/mol. The first-order chi connectivity index (χ1) is 17.8. The van der Waals surface area contributed by atoms with Gasteiger partial charge in [0.05, 0.1) is 12.1 Å². The average Bonchev–Trinajstić information content (AvgIpc) is 3.30. The molecule has 0 spiro atoms. The molecule has 37 heavy (non-hydrogen) atoms. The van der Waals surface area contributed by atoms with Crippen LogP contribution in [0.2, 0.25) is 0 Å². The van der Waals surface area contributed by atoms with Crippen molar-refractivity contribution in [3.05, 3.63) is 83.2 Å². The van der Waals surface area contributed by atoms with Crippen LogP contribution in [-0.4, -0.2) is 40.6 Å². The monoisotopic (exact) mass is 507 g/mol. The van der Waals surface area contributed by atoms with Gasteiger partial charge >= 0.3 is 5.97 Å². The zero-order chi connectivity index (χ0) is 26.6. The smallest absolute Gasteiger partial charge is 0.326 e. The third-order valence-corrected chi connectivity index (χ3v) is 5.74. The first-order valence-electron chi connectivity index (χ1n) is 12.2. The van der Waals surface area contributed by atoms with E-state index >= 15 is 0 Å². The third kappa shape index (κ3) is 9.79. The van der Waals surface area contributed by atoms with Crippen molar-refractivity contribution in [2.75, 3.05) is 6.54 Å². The fraction of sp³-hybridized carbons (Fsp3) is 0.357. The van der Waals surface area contributed by atoms with Crippen molar-refractivity contribution >= 4 is 17.8 Å². The van der Waals surface area contributed by atoms with Crippen molar-refractivity contribution in [2.24, 2.45) is 5.92 Å². The fourth-order valence-electron chi connectivity index (χ4n) is 3.80. The van der Waals surface area contributed by atoms with Gasteiger partial charge in [-0.05, 0) is 42.0 Å². The summed E-state index contributed by atoms with van der Waals surface area (Å²) in [7, 11) is 0. The van der Waals surface area contributed by atoms with E-state index in [0.717, 1.165) is 23.3 Å². The minimum atomic E-state index is -1.13. The Balaban J connectivity index is 1.35. The van der Waals surface area contributed by atoms with E-state index < -0.39 is 17.9 Å². The number of nitrogens with one attached hydrogen (secondary N) is 2. The third-order valence-electron chi connectivity index (χ3n) is 5.74. The molecule has 2 unspecified atom stereocenters. The number of hydrogen-bond acceptors (Lipinski definition) is 6. The lowest BCUT2D eigenvalue weighted by Crippen LogP contribution is -2.41. The number of rotatable bonds is 14. The summed E-state index contributed by atoms with van der Waals surface area (Å²) in [6, 6.07) is 18.1. The first-order valence-corrected chi connectivity index (χ1v) is 12.2. The summed E-state index contributed by atoms with van der Waals surface area (Å²) in [5, 5.41) is 18.6. The number of hydrogen-bond donors (Lipinski definition) is 3.